The summed E-state index contributed by atoms with van der Waals surface area (Å²) in [4.78, 5) is 10.6. The zero-order valence-electron chi connectivity index (χ0n) is 14.8. The number of nitrogens with zero attached hydrogens (tertiary/aromatic N) is 3. The number of thiocarbonyl (C=S) groups is 1. The fraction of sp³-hybridized carbons (Fsp3) is 0.158. The summed E-state index contributed by atoms with van der Waals surface area (Å²) in [5, 5.41) is 19.7. The van der Waals surface area contributed by atoms with Crippen LogP contribution in [0.1, 0.15) is 18.1 Å². The molecule has 7 nitrogen and oxygen atoms in total. The molecule has 138 valence electrons. The van der Waals surface area contributed by atoms with Gasteiger partial charge in [-0.1, -0.05) is 30.3 Å². The lowest BCUT2D eigenvalue weighted by Crippen LogP contribution is -2.31. The van der Waals surface area contributed by atoms with E-state index in [0.717, 1.165) is 28.6 Å². The standard InChI is InChI=1S/C19H19N5O2S/c1-2-20-19(27)22-21-11-15-13-23(18-9-4-3-8-17(15)18)12-14-6-5-7-16(10-14)24(25)26/h3-11,13H,2,12H2,1H3,(H2,20,22,27). The number of benzene rings is 2. The van der Waals surface area contributed by atoms with E-state index in [4.69, 9.17) is 12.2 Å². The van der Waals surface area contributed by atoms with E-state index in [2.05, 4.69) is 20.4 Å². The van der Waals surface area contributed by atoms with E-state index in [1.165, 1.54) is 6.07 Å². The Bertz CT molecular complexity index is 1010. The third kappa shape index (κ3) is 4.48. The van der Waals surface area contributed by atoms with Crippen molar-refractivity contribution in [3.63, 3.8) is 0 Å². The van der Waals surface area contributed by atoms with Gasteiger partial charge in [0.15, 0.2) is 5.11 Å². The van der Waals surface area contributed by atoms with Gasteiger partial charge in [0.05, 0.1) is 11.1 Å². The number of nitro groups is 1. The predicted octanol–water partition coefficient (Wildman–Crippen LogP) is 3.42. The molecule has 8 heteroatoms. The molecule has 0 spiro atoms. The lowest BCUT2D eigenvalue weighted by Gasteiger charge is -2.05. The van der Waals surface area contributed by atoms with Crippen LogP contribution in [-0.4, -0.2) is 27.4 Å². The Balaban J connectivity index is 1.88. The summed E-state index contributed by atoms with van der Waals surface area (Å²) in [5.41, 5.74) is 5.69. The van der Waals surface area contributed by atoms with Gasteiger partial charge in [-0.05, 0) is 30.8 Å². The van der Waals surface area contributed by atoms with Crippen LogP contribution < -0.4 is 10.7 Å². The van der Waals surface area contributed by atoms with E-state index < -0.39 is 0 Å². The molecule has 1 heterocycles. The Kier molecular flexibility index (Phi) is 5.77. The van der Waals surface area contributed by atoms with Crippen LogP contribution in [0.2, 0.25) is 0 Å². The lowest BCUT2D eigenvalue weighted by atomic mass is 10.2. The summed E-state index contributed by atoms with van der Waals surface area (Å²) in [5.74, 6) is 0. The van der Waals surface area contributed by atoms with Crippen molar-refractivity contribution >= 4 is 40.1 Å². The van der Waals surface area contributed by atoms with Crippen molar-refractivity contribution in [3.8, 4) is 0 Å². The number of aromatic nitrogens is 1. The SMILES string of the molecule is CCNC(=S)NN=Cc1cn(Cc2cccc([N+](=O)[O-])c2)c2ccccc12. The van der Waals surface area contributed by atoms with Gasteiger partial charge in [0.25, 0.3) is 5.69 Å². The van der Waals surface area contributed by atoms with E-state index in [-0.39, 0.29) is 10.6 Å². The number of hydrogen-bond donors (Lipinski definition) is 2. The van der Waals surface area contributed by atoms with Crippen LogP contribution in [0.3, 0.4) is 0 Å². The topological polar surface area (TPSA) is 84.5 Å². The highest BCUT2D eigenvalue weighted by Crippen LogP contribution is 2.22. The molecule has 0 radical (unpaired) electrons. The van der Waals surface area contributed by atoms with E-state index in [9.17, 15) is 10.1 Å². The molecule has 0 saturated heterocycles. The minimum atomic E-state index is -0.381. The van der Waals surface area contributed by atoms with E-state index >= 15 is 0 Å². The normalized spacial score (nSPS) is 11.0. The van der Waals surface area contributed by atoms with Crippen molar-refractivity contribution in [2.24, 2.45) is 5.10 Å². The van der Waals surface area contributed by atoms with Crippen molar-refractivity contribution < 1.29 is 4.92 Å². The second-order valence-corrected chi connectivity index (χ2v) is 6.29. The van der Waals surface area contributed by atoms with Crippen LogP contribution in [0.15, 0.2) is 59.8 Å². The molecule has 0 bridgehead atoms. The lowest BCUT2D eigenvalue weighted by molar-refractivity contribution is -0.384. The molecule has 0 fully saturated rings. The van der Waals surface area contributed by atoms with Gasteiger partial charge in [-0.25, -0.2) is 0 Å². The maximum absolute atomic E-state index is 11.0. The monoisotopic (exact) mass is 381 g/mol. The van der Waals surface area contributed by atoms with Crippen molar-refractivity contribution in [1.29, 1.82) is 0 Å². The van der Waals surface area contributed by atoms with E-state index in [1.807, 2.05) is 43.5 Å². The van der Waals surface area contributed by atoms with E-state index in [1.54, 1.807) is 18.3 Å². The first kappa shape index (κ1) is 18.5. The third-order valence-corrected chi connectivity index (χ3v) is 4.24. The molecule has 0 amide bonds. The summed E-state index contributed by atoms with van der Waals surface area (Å²) in [6, 6.07) is 14.6. The maximum atomic E-state index is 11.0. The van der Waals surface area contributed by atoms with Crippen molar-refractivity contribution in [2.45, 2.75) is 13.5 Å². The number of rotatable bonds is 6. The summed E-state index contributed by atoms with van der Waals surface area (Å²) in [7, 11) is 0. The molecule has 3 rings (SSSR count). The minimum Gasteiger partial charge on any atom is -0.362 e. The van der Waals surface area contributed by atoms with Crippen LogP contribution in [0.4, 0.5) is 5.69 Å². The fourth-order valence-corrected chi connectivity index (χ4v) is 3.03. The molecule has 2 aromatic carbocycles. The molecular formula is C19H19N5O2S. The predicted molar refractivity (Wildman–Crippen MR) is 111 cm³/mol. The molecule has 0 saturated carbocycles. The molecule has 27 heavy (non-hydrogen) atoms. The first-order chi connectivity index (χ1) is 13.1. The Hall–Kier alpha value is -3.26. The number of hydrogen-bond acceptors (Lipinski definition) is 4. The number of hydrazone groups is 1. The van der Waals surface area contributed by atoms with Gasteiger partial charge >= 0.3 is 0 Å². The average molecular weight is 381 g/mol. The Labute approximate surface area is 161 Å². The zero-order chi connectivity index (χ0) is 19.2. The number of para-hydroxylation sites is 1. The minimum absolute atomic E-state index is 0.0897. The van der Waals surface area contributed by atoms with Gasteiger partial charge in [-0.3, -0.25) is 15.5 Å². The van der Waals surface area contributed by atoms with Gasteiger partial charge in [0.2, 0.25) is 0 Å². The summed E-state index contributed by atoms with van der Waals surface area (Å²) in [6.07, 6.45) is 3.70. The molecule has 0 aliphatic heterocycles. The van der Waals surface area contributed by atoms with Crippen LogP contribution in [0.5, 0.6) is 0 Å². The Morgan fingerprint density at radius 3 is 2.89 bits per heavy atom. The molecule has 0 atom stereocenters. The van der Waals surface area contributed by atoms with Crippen LogP contribution in [0.25, 0.3) is 10.9 Å². The quantitative estimate of drug-likeness (QED) is 0.296. The molecule has 0 unspecified atom stereocenters. The molecular weight excluding hydrogens is 362 g/mol. The van der Waals surface area contributed by atoms with Gasteiger partial charge < -0.3 is 9.88 Å². The first-order valence-corrected chi connectivity index (χ1v) is 8.87. The van der Waals surface area contributed by atoms with Crippen LogP contribution >= 0.6 is 12.2 Å². The second kappa shape index (κ2) is 8.41. The van der Waals surface area contributed by atoms with Crippen LogP contribution in [0, 0.1) is 10.1 Å². The molecule has 2 N–H and O–H groups in total. The van der Waals surface area contributed by atoms with Crippen molar-refractivity contribution in [1.82, 2.24) is 15.3 Å². The van der Waals surface area contributed by atoms with Gasteiger partial charge in [0.1, 0.15) is 0 Å². The highest BCUT2D eigenvalue weighted by Gasteiger charge is 2.10. The average Bonchev–Trinajstić information content (AvgIpc) is 3.00. The summed E-state index contributed by atoms with van der Waals surface area (Å²) in [6.45, 7) is 3.21. The zero-order valence-corrected chi connectivity index (χ0v) is 15.6. The van der Waals surface area contributed by atoms with Gasteiger partial charge in [-0.2, -0.15) is 5.10 Å². The summed E-state index contributed by atoms with van der Waals surface area (Å²) < 4.78 is 2.05. The van der Waals surface area contributed by atoms with Gasteiger partial charge in [0, 0.05) is 47.9 Å². The van der Waals surface area contributed by atoms with Gasteiger partial charge in [-0.15, -0.1) is 0 Å². The maximum Gasteiger partial charge on any atom is 0.269 e. The van der Waals surface area contributed by atoms with Crippen molar-refractivity contribution in [2.75, 3.05) is 6.54 Å². The molecule has 0 aliphatic carbocycles. The summed E-state index contributed by atoms with van der Waals surface area (Å²) >= 11 is 5.09. The number of fused-ring (bicyclic) bond motifs is 1. The Morgan fingerprint density at radius 2 is 2.11 bits per heavy atom. The number of nitro benzene ring substituents is 1. The van der Waals surface area contributed by atoms with Crippen molar-refractivity contribution in [3.05, 3.63) is 76.0 Å². The van der Waals surface area contributed by atoms with Crippen LogP contribution in [-0.2, 0) is 6.54 Å². The number of nitrogens with one attached hydrogen (secondary N) is 2. The largest absolute Gasteiger partial charge is 0.362 e. The van der Waals surface area contributed by atoms with E-state index in [0.29, 0.717) is 11.7 Å². The highest BCUT2D eigenvalue weighted by atomic mass is 32.1. The fourth-order valence-electron chi connectivity index (χ4n) is 2.83. The first-order valence-electron chi connectivity index (χ1n) is 8.46. The molecule has 3 aromatic rings. The number of non-ortho nitro benzene ring substituents is 1. The smallest absolute Gasteiger partial charge is 0.269 e. The molecule has 1 aromatic heterocycles. The third-order valence-electron chi connectivity index (χ3n) is 4.00. The molecule has 0 aliphatic rings. The second-order valence-electron chi connectivity index (χ2n) is 5.89. The Morgan fingerprint density at radius 1 is 1.30 bits per heavy atom. The highest BCUT2D eigenvalue weighted by molar-refractivity contribution is 7.80.